The number of carbonyl (C=O) groups excluding carboxylic acids is 1. The van der Waals surface area contributed by atoms with E-state index in [1.54, 1.807) is 12.1 Å². The molecule has 4 heteroatoms. The molecule has 0 spiro atoms. The summed E-state index contributed by atoms with van der Waals surface area (Å²) in [5.74, 6) is -0.110. The molecule has 1 unspecified atom stereocenters. The molecule has 1 aromatic carbocycles. The molecule has 1 atom stereocenters. The summed E-state index contributed by atoms with van der Waals surface area (Å²) in [6.45, 7) is 5.88. The molecule has 1 aliphatic heterocycles. The number of rotatable bonds is 5. The SMILES string of the molecule is CCCC1(C(=O)NC(C)c2ccc(F)cc2)CCNCC1. The first-order valence-corrected chi connectivity index (χ1v) is 7.84. The van der Waals surface area contributed by atoms with E-state index < -0.39 is 0 Å². The van der Waals surface area contributed by atoms with Crippen molar-refractivity contribution in [3.63, 3.8) is 0 Å². The Morgan fingerprint density at radius 3 is 2.52 bits per heavy atom. The second-order valence-corrected chi connectivity index (χ2v) is 6.03. The largest absolute Gasteiger partial charge is 0.349 e. The first kappa shape index (κ1) is 16.0. The van der Waals surface area contributed by atoms with E-state index in [0.717, 1.165) is 44.3 Å². The van der Waals surface area contributed by atoms with Crippen LogP contribution < -0.4 is 10.6 Å². The predicted octanol–water partition coefficient (Wildman–Crippen LogP) is 3.17. The number of halogens is 1. The van der Waals surface area contributed by atoms with Gasteiger partial charge < -0.3 is 10.6 Å². The van der Waals surface area contributed by atoms with Gasteiger partial charge in [0, 0.05) is 0 Å². The van der Waals surface area contributed by atoms with Gasteiger partial charge in [-0.25, -0.2) is 4.39 Å². The van der Waals surface area contributed by atoms with Gasteiger partial charge in [-0.2, -0.15) is 0 Å². The average molecular weight is 292 g/mol. The molecule has 3 nitrogen and oxygen atoms in total. The fourth-order valence-corrected chi connectivity index (χ4v) is 3.16. The van der Waals surface area contributed by atoms with Crippen LogP contribution in [0, 0.1) is 11.2 Å². The van der Waals surface area contributed by atoms with E-state index in [1.165, 1.54) is 12.1 Å². The number of hydrogen-bond acceptors (Lipinski definition) is 2. The molecular weight excluding hydrogens is 267 g/mol. The quantitative estimate of drug-likeness (QED) is 0.875. The molecule has 1 amide bonds. The molecule has 1 aliphatic rings. The summed E-state index contributed by atoms with van der Waals surface area (Å²) in [4.78, 5) is 12.7. The van der Waals surface area contributed by atoms with E-state index in [4.69, 9.17) is 0 Å². The van der Waals surface area contributed by atoms with Crippen LogP contribution in [0.5, 0.6) is 0 Å². The van der Waals surface area contributed by atoms with Gasteiger partial charge in [-0.1, -0.05) is 25.5 Å². The lowest BCUT2D eigenvalue weighted by Gasteiger charge is -2.37. The minimum Gasteiger partial charge on any atom is -0.349 e. The topological polar surface area (TPSA) is 41.1 Å². The molecule has 1 fully saturated rings. The number of piperidine rings is 1. The lowest BCUT2D eigenvalue weighted by atomic mass is 9.74. The number of amides is 1. The summed E-state index contributed by atoms with van der Waals surface area (Å²) >= 11 is 0. The fourth-order valence-electron chi connectivity index (χ4n) is 3.16. The molecule has 116 valence electrons. The zero-order valence-electron chi connectivity index (χ0n) is 12.9. The highest BCUT2D eigenvalue weighted by Crippen LogP contribution is 2.35. The van der Waals surface area contributed by atoms with E-state index in [-0.39, 0.29) is 23.2 Å². The summed E-state index contributed by atoms with van der Waals surface area (Å²) in [5.41, 5.74) is 0.694. The molecule has 0 aliphatic carbocycles. The molecule has 2 rings (SSSR count). The maximum absolute atomic E-state index is 13.0. The van der Waals surface area contributed by atoms with Crippen molar-refractivity contribution < 1.29 is 9.18 Å². The molecule has 0 saturated carbocycles. The van der Waals surface area contributed by atoms with Crippen LogP contribution in [0.1, 0.15) is 51.1 Å². The van der Waals surface area contributed by atoms with Gasteiger partial charge in [0.15, 0.2) is 0 Å². The fraction of sp³-hybridized carbons (Fsp3) is 0.588. The molecule has 0 aromatic heterocycles. The van der Waals surface area contributed by atoms with Crippen molar-refractivity contribution in [2.24, 2.45) is 5.41 Å². The third-order valence-corrected chi connectivity index (χ3v) is 4.49. The molecule has 1 heterocycles. The zero-order valence-corrected chi connectivity index (χ0v) is 12.9. The second-order valence-electron chi connectivity index (χ2n) is 6.03. The minimum atomic E-state index is -0.252. The molecule has 0 bridgehead atoms. The monoisotopic (exact) mass is 292 g/mol. The van der Waals surface area contributed by atoms with Crippen LogP contribution in [-0.4, -0.2) is 19.0 Å². The standard InChI is InChI=1S/C17H25FN2O/c1-3-8-17(9-11-19-12-10-17)16(21)20-13(2)14-4-6-15(18)7-5-14/h4-7,13,19H,3,8-12H2,1-2H3,(H,20,21). The van der Waals surface area contributed by atoms with Crippen LogP contribution in [0.15, 0.2) is 24.3 Å². The van der Waals surface area contributed by atoms with Gasteiger partial charge >= 0.3 is 0 Å². The van der Waals surface area contributed by atoms with Gasteiger partial charge in [-0.15, -0.1) is 0 Å². The Morgan fingerprint density at radius 2 is 1.95 bits per heavy atom. The van der Waals surface area contributed by atoms with Gasteiger partial charge in [0.05, 0.1) is 11.5 Å². The number of hydrogen-bond donors (Lipinski definition) is 2. The maximum Gasteiger partial charge on any atom is 0.226 e. The van der Waals surface area contributed by atoms with Crippen LogP contribution in [0.25, 0.3) is 0 Å². The third-order valence-electron chi connectivity index (χ3n) is 4.49. The summed E-state index contributed by atoms with van der Waals surface area (Å²) in [6, 6.07) is 6.24. The van der Waals surface area contributed by atoms with Crippen molar-refractivity contribution in [3.8, 4) is 0 Å². The summed E-state index contributed by atoms with van der Waals surface area (Å²) in [7, 11) is 0. The smallest absolute Gasteiger partial charge is 0.226 e. The van der Waals surface area contributed by atoms with Crippen molar-refractivity contribution in [1.82, 2.24) is 10.6 Å². The third kappa shape index (κ3) is 3.82. The van der Waals surface area contributed by atoms with Gasteiger partial charge in [-0.3, -0.25) is 4.79 Å². The first-order chi connectivity index (χ1) is 10.1. The van der Waals surface area contributed by atoms with Gasteiger partial charge in [-0.05, 0) is 57.0 Å². The average Bonchev–Trinajstić information content (AvgIpc) is 2.49. The zero-order chi connectivity index (χ0) is 15.3. The molecule has 21 heavy (non-hydrogen) atoms. The van der Waals surface area contributed by atoms with E-state index in [1.807, 2.05) is 6.92 Å². The Kier molecular flexibility index (Phi) is 5.34. The highest BCUT2D eigenvalue weighted by atomic mass is 19.1. The summed E-state index contributed by atoms with van der Waals surface area (Å²) in [6.07, 6.45) is 3.72. The Morgan fingerprint density at radius 1 is 1.33 bits per heavy atom. The highest BCUT2D eigenvalue weighted by molar-refractivity contribution is 5.83. The maximum atomic E-state index is 13.0. The summed E-state index contributed by atoms with van der Waals surface area (Å²) in [5, 5.41) is 6.44. The van der Waals surface area contributed by atoms with Crippen LogP contribution >= 0.6 is 0 Å². The molecular formula is C17H25FN2O. The van der Waals surface area contributed by atoms with Crippen molar-refractivity contribution in [3.05, 3.63) is 35.6 Å². The van der Waals surface area contributed by atoms with Crippen LogP contribution in [0.2, 0.25) is 0 Å². The Bertz CT molecular complexity index is 461. The van der Waals surface area contributed by atoms with Gasteiger partial charge in [0.25, 0.3) is 0 Å². The molecule has 2 N–H and O–H groups in total. The van der Waals surface area contributed by atoms with E-state index in [2.05, 4.69) is 17.6 Å². The normalized spacial score (nSPS) is 19.0. The molecule has 1 saturated heterocycles. The number of carbonyl (C=O) groups is 1. The minimum absolute atomic E-state index is 0.0956. The lowest BCUT2D eigenvalue weighted by Crippen LogP contribution is -2.48. The number of benzene rings is 1. The predicted molar refractivity (Wildman–Crippen MR) is 82.4 cm³/mol. The summed E-state index contributed by atoms with van der Waals surface area (Å²) < 4.78 is 13.0. The van der Waals surface area contributed by atoms with Crippen LogP contribution in [-0.2, 0) is 4.79 Å². The van der Waals surface area contributed by atoms with Crippen molar-refractivity contribution >= 4 is 5.91 Å². The van der Waals surface area contributed by atoms with E-state index in [0.29, 0.717) is 0 Å². The Balaban J connectivity index is 2.05. The van der Waals surface area contributed by atoms with Gasteiger partial charge in [0.1, 0.15) is 5.82 Å². The van der Waals surface area contributed by atoms with Crippen LogP contribution in [0.4, 0.5) is 4.39 Å². The molecule has 1 aromatic rings. The van der Waals surface area contributed by atoms with E-state index >= 15 is 0 Å². The Hall–Kier alpha value is -1.42. The van der Waals surface area contributed by atoms with Crippen molar-refractivity contribution in [1.29, 1.82) is 0 Å². The van der Waals surface area contributed by atoms with Crippen molar-refractivity contribution in [2.45, 2.75) is 45.6 Å². The van der Waals surface area contributed by atoms with Gasteiger partial charge in [0.2, 0.25) is 5.91 Å². The molecule has 0 radical (unpaired) electrons. The second kappa shape index (κ2) is 7.03. The van der Waals surface area contributed by atoms with E-state index in [9.17, 15) is 9.18 Å². The highest BCUT2D eigenvalue weighted by Gasteiger charge is 2.38. The number of nitrogens with one attached hydrogen (secondary N) is 2. The van der Waals surface area contributed by atoms with Crippen molar-refractivity contribution in [2.75, 3.05) is 13.1 Å². The first-order valence-electron chi connectivity index (χ1n) is 7.84. The van der Waals surface area contributed by atoms with Crippen LogP contribution in [0.3, 0.4) is 0 Å². The lowest BCUT2D eigenvalue weighted by molar-refractivity contribution is -0.133. The Labute approximate surface area is 126 Å².